The maximum absolute atomic E-state index is 12.2. The van der Waals surface area contributed by atoms with Crippen LogP contribution < -0.4 is 15.8 Å². The first-order chi connectivity index (χ1) is 10.0. The minimum Gasteiger partial charge on any atom is -0.491 e. The minimum atomic E-state index is -0.150. The van der Waals surface area contributed by atoms with Crippen molar-refractivity contribution in [3.8, 4) is 5.75 Å². The molecule has 0 saturated carbocycles. The highest BCUT2D eigenvalue weighted by molar-refractivity contribution is 5.98. The summed E-state index contributed by atoms with van der Waals surface area (Å²) in [5.74, 6) is 0.316. The molecule has 0 aliphatic rings. The van der Waals surface area contributed by atoms with Crippen molar-refractivity contribution >= 4 is 11.6 Å². The number of ether oxygens (including phenoxy) is 1. The van der Waals surface area contributed by atoms with E-state index in [4.69, 9.17) is 10.5 Å². The number of anilines is 1. The first-order valence-corrected chi connectivity index (χ1v) is 7.50. The van der Waals surface area contributed by atoms with E-state index < -0.39 is 0 Å². The van der Waals surface area contributed by atoms with Gasteiger partial charge >= 0.3 is 0 Å². The van der Waals surface area contributed by atoms with Gasteiger partial charge in [-0.3, -0.25) is 4.79 Å². The number of nitrogen functional groups attached to an aromatic ring is 1. The topological polar surface area (TPSA) is 67.6 Å². The minimum absolute atomic E-state index is 0.150. The number of nitrogens with two attached hydrogens (primary N) is 1. The third-order valence-corrected chi connectivity index (χ3v) is 3.67. The number of nitrogens with one attached hydrogen (secondary N) is 1. The fraction of sp³-hybridized carbons (Fsp3) is 0.562. The molecule has 0 spiro atoms. The van der Waals surface area contributed by atoms with Crippen molar-refractivity contribution in [3.63, 3.8) is 0 Å². The normalized spacial score (nSPS) is 12.2. The Labute approximate surface area is 127 Å². The SMILES string of the molecule is CCOc1c(N)cccc1C(=O)NCCN(C)C(C)CC. The molecule has 0 aromatic heterocycles. The van der Waals surface area contributed by atoms with Crippen LogP contribution in [0.5, 0.6) is 5.75 Å². The summed E-state index contributed by atoms with van der Waals surface area (Å²) in [5, 5.41) is 2.92. The Morgan fingerprint density at radius 3 is 2.76 bits per heavy atom. The molecule has 0 aliphatic carbocycles. The number of para-hydroxylation sites is 1. The second-order valence-corrected chi connectivity index (χ2v) is 5.15. The lowest BCUT2D eigenvalue weighted by Gasteiger charge is -2.23. The van der Waals surface area contributed by atoms with Crippen molar-refractivity contribution in [2.75, 3.05) is 32.5 Å². The molecule has 1 rings (SSSR count). The fourth-order valence-electron chi connectivity index (χ4n) is 2.01. The van der Waals surface area contributed by atoms with Crippen LogP contribution in [0.2, 0.25) is 0 Å². The van der Waals surface area contributed by atoms with Gasteiger partial charge in [0.05, 0.1) is 17.9 Å². The molecule has 0 radical (unpaired) electrons. The summed E-state index contributed by atoms with van der Waals surface area (Å²) in [5.41, 5.74) is 6.84. The predicted molar refractivity (Wildman–Crippen MR) is 86.7 cm³/mol. The maximum Gasteiger partial charge on any atom is 0.255 e. The van der Waals surface area contributed by atoms with Crippen LogP contribution in [0.3, 0.4) is 0 Å². The molecule has 3 N–H and O–H groups in total. The van der Waals surface area contributed by atoms with E-state index in [2.05, 4.69) is 31.1 Å². The van der Waals surface area contributed by atoms with E-state index >= 15 is 0 Å². The quantitative estimate of drug-likeness (QED) is 0.721. The summed E-state index contributed by atoms with van der Waals surface area (Å²) in [7, 11) is 2.06. The fourth-order valence-corrected chi connectivity index (χ4v) is 2.01. The van der Waals surface area contributed by atoms with E-state index in [-0.39, 0.29) is 5.91 Å². The lowest BCUT2D eigenvalue weighted by atomic mass is 10.1. The van der Waals surface area contributed by atoms with Crippen molar-refractivity contribution < 1.29 is 9.53 Å². The summed E-state index contributed by atoms with van der Waals surface area (Å²) in [6.07, 6.45) is 1.09. The number of hydrogen-bond donors (Lipinski definition) is 2. The molecule has 0 heterocycles. The lowest BCUT2D eigenvalue weighted by Crippen LogP contribution is -2.37. The predicted octanol–water partition coefficient (Wildman–Crippen LogP) is 2.13. The highest BCUT2D eigenvalue weighted by Gasteiger charge is 2.15. The number of hydrogen-bond acceptors (Lipinski definition) is 4. The van der Waals surface area contributed by atoms with Gasteiger partial charge in [-0.1, -0.05) is 13.0 Å². The Morgan fingerprint density at radius 1 is 1.43 bits per heavy atom. The van der Waals surface area contributed by atoms with E-state index in [1.165, 1.54) is 0 Å². The third kappa shape index (κ3) is 4.93. The zero-order chi connectivity index (χ0) is 15.8. The van der Waals surface area contributed by atoms with Crippen LogP contribution in [0, 0.1) is 0 Å². The molecule has 0 aliphatic heterocycles. The smallest absolute Gasteiger partial charge is 0.255 e. The first-order valence-electron chi connectivity index (χ1n) is 7.50. The van der Waals surface area contributed by atoms with Crippen LogP contribution in [0.25, 0.3) is 0 Å². The molecule has 1 unspecified atom stereocenters. The summed E-state index contributed by atoms with van der Waals surface area (Å²) < 4.78 is 5.48. The summed E-state index contributed by atoms with van der Waals surface area (Å²) in [4.78, 5) is 14.5. The number of rotatable bonds is 8. The van der Waals surface area contributed by atoms with Crippen LogP contribution in [0.15, 0.2) is 18.2 Å². The van der Waals surface area contributed by atoms with E-state index in [0.717, 1.165) is 13.0 Å². The van der Waals surface area contributed by atoms with Gasteiger partial charge in [0.25, 0.3) is 5.91 Å². The summed E-state index contributed by atoms with van der Waals surface area (Å²) in [6, 6.07) is 5.74. The summed E-state index contributed by atoms with van der Waals surface area (Å²) >= 11 is 0. The number of amides is 1. The average molecular weight is 293 g/mol. The molecule has 0 fully saturated rings. The van der Waals surface area contributed by atoms with Crippen LogP contribution >= 0.6 is 0 Å². The van der Waals surface area contributed by atoms with Gasteiger partial charge in [-0.2, -0.15) is 0 Å². The van der Waals surface area contributed by atoms with E-state index in [1.54, 1.807) is 18.2 Å². The third-order valence-electron chi connectivity index (χ3n) is 3.67. The zero-order valence-electron chi connectivity index (χ0n) is 13.5. The van der Waals surface area contributed by atoms with Crippen LogP contribution in [0.1, 0.15) is 37.6 Å². The lowest BCUT2D eigenvalue weighted by molar-refractivity contribution is 0.0943. The maximum atomic E-state index is 12.2. The summed E-state index contributed by atoms with van der Waals surface area (Å²) in [6.45, 7) is 8.08. The molecule has 0 saturated heterocycles. The number of likely N-dealkylation sites (N-methyl/N-ethyl adjacent to an activating group) is 1. The van der Waals surface area contributed by atoms with Gasteiger partial charge in [0.15, 0.2) is 5.75 Å². The molecule has 1 amide bonds. The Balaban J connectivity index is 2.62. The van der Waals surface area contributed by atoms with Crippen molar-refractivity contribution in [3.05, 3.63) is 23.8 Å². The Morgan fingerprint density at radius 2 is 2.14 bits per heavy atom. The Bertz CT molecular complexity index is 463. The van der Waals surface area contributed by atoms with Gasteiger partial charge in [-0.15, -0.1) is 0 Å². The molecule has 118 valence electrons. The highest BCUT2D eigenvalue weighted by atomic mass is 16.5. The molecule has 1 aromatic rings. The highest BCUT2D eigenvalue weighted by Crippen LogP contribution is 2.26. The molecule has 1 atom stereocenters. The molecule has 21 heavy (non-hydrogen) atoms. The second kappa shape index (κ2) is 8.52. The van der Waals surface area contributed by atoms with Gasteiger partial charge in [-0.25, -0.2) is 0 Å². The first kappa shape index (κ1) is 17.3. The van der Waals surface area contributed by atoms with E-state index in [0.29, 0.717) is 36.2 Å². The molecular weight excluding hydrogens is 266 g/mol. The largest absolute Gasteiger partial charge is 0.491 e. The van der Waals surface area contributed by atoms with Gasteiger partial charge in [-0.05, 0) is 39.4 Å². The monoisotopic (exact) mass is 293 g/mol. The average Bonchev–Trinajstić information content (AvgIpc) is 2.48. The van der Waals surface area contributed by atoms with E-state index in [9.17, 15) is 4.79 Å². The van der Waals surface area contributed by atoms with Crippen molar-refractivity contribution in [2.45, 2.75) is 33.2 Å². The number of nitrogens with zero attached hydrogens (tertiary/aromatic N) is 1. The zero-order valence-corrected chi connectivity index (χ0v) is 13.5. The van der Waals surface area contributed by atoms with E-state index in [1.807, 2.05) is 6.92 Å². The van der Waals surface area contributed by atoms with Crippen molar-refractivity contribution in [2.24, 2.45) is 0 Å². The van der Waals surface area contributed by atoms with Gasteiger partial charge in [0.1, 0.15) is 0 Å². The number of carbonyl (C=O) groups excluding carboxylic acids is 1. The Kier molecular flexibility index (Phi) is 7.02. The standard InChI is InChI=1S/C16H27N3O2/c1-5-12(3)19(4)11-10-18-16(20)13-8-7-9-14(17)15(13)21-6-2/h7-9,12H,5-6,10-11,17H2,1-4H3,(H,18,20). The van der Waals surface area contributed by atoms with Crippen LogP contribution in [-0.2, 0) is 0 Å². The number of benzene rings is 1. The van der Waals surface area contributed by atoms with Gasteiger partial charge in [0, 0.05) is 19.1 Å². The van der Waals surface area contributed by atoms with Gasteiger partial charge < -0.3 is 20.7 Å². The molecule has 0 bridgehead atoms. The molecule has 5 heteroatoms. The number of carbonyl (C=O) groups is 1. The molecular formula is C16H27N3O2. The molecule has 1 aromatic carbocycles. The van der Waals surface area contributed by atoms with Crippen molar-refractivity contribution in [1.29, 1.82) is 0 Å². The van der Waals surface area contributed by atoms with Gasteiger partial charge in [0.2, 0.25) is 0 Å². The van der Waals surface area contributed by atoms with Crippen LogP contribution in [0.4, 0.5) is 5.69 Å². The molecule has 5 nitrogen and oxygen atoms in total. The van der Waals surface area contributed by atoms with Crippen molar-refractivity contribution in [1.82, 2.24) is 10.2 Å². The Hall–Kier alpha value is -1.75. The second-order valence-electron chi connectivity index (χ2n) is 5.15. The van der Waals surface area contributed by atoms with Crippen LogP contribution in [-0.4, -0.2) is 43.6 Å².